The second-order valence-corrected chi connectivity index (χ2v) is 11.3. The van der Waals surface area contributed by atoms with Crippen molar-refractivity contribution in [1.82, 2.24) is 4.31 Å². The standard InChI is InChI=1S/C28H38N2O4S/c1-5-16-30(17-6-2)35(31,32)21-14-12-20(13-15-21)28-24-19-26(33-4)27(34-7-3)18-23(24)22-10-8-9-11-25(22)29-28/h12-15,18-19,22,25H,5-11,16-17H2,1-4H3/t22?,25-/m1/s1. The zero-order valence-corrected chi connectivity index (χ0v) is 22.2. The molecule has 1 unspecified atom stereocenters. The Morgan fingerprint density at radius 1 is 0.971 bits per heavy atom. The summed E-state index contributed by atoms with van der Waals surface area (Å²) in [5.41, 5.74) is 4.16. The van der Waals surface area contributed by atoms with Crippen LogP contribution in [0, 0.1) is 0 Å². The highest BCUT2D eigenvalue weighted by molar-refractivity contribution is 7.89. The van der Waals surface area contributed by atoms with E-state index in [2.05, 4.69) is 6.07 Å². The Hall–Kier alpha value is -2.38. The molecule has 1 saturated carbocycles. The van der Waals surface area contributed by atoms with Gasteiger partial charge in [-0.25, -0.2) is 8.42 Å². The van der Waals surface area contributed by atoms with Crippen LogP contribution in [0.3, 0.4) is 0 Å². The van der Waals surface area contributed by atoms with Gasteiger partial charge in [-0.15, -0.1) is 0 Å². The van der Waals surface area contributed by atoms with Gasteiger partial charge in [-0.3, -0.25) is 4.99 Å². The zero-order valence-electron chi connectivity index (χ0n) is 21.4. The van der Waals surface area contributed by atoms with E-state index >= 15 is 0 Å². The Kier molecular flexibility index (Phi) is 8.17. The highest BCUT2D eigenvalue weighted by Crippen LogP contribution is 2.45. The number of fused-ring (bicyclic) bond motifs is 3. The Labute approximate surface area is 210 Å². The Bertz CT molecular complexity index is 1150. The third-order valence-corrected chi connectivity index (χ3v) is 8.94. The van der Waals surface area contributed by atoms with Crippen molar-refractivity contribution in [3.8, 4) is 11.5 Å². The predicted molar refractivity (Wildman–Crippen MR) is 141 cm³/mol. The third-order valence-electron chi connectivity index (χ3n) is 7.03. The second-order valence-electron chi connectivity index (χ2n) is 9.39. The molecule has 0 radical (unpaired) electrons. The van der Waals surface area contributed by atoms with Gasteiger partial charge in [0.15, 0.2) is 11.5 Å². The van der Waals surface area contributed by atoms with Gasteiger partial charge in [-0.1, -0.05) is 38.8 Å². The van der Waals surface area contributed by atoms with E-state index in [0.717, 1.165) is 48.3 Å². The van der Waals surface area contributed by atoms with Gasteiger partial charge in [-0.05, 0) is 62.4 Å². The van der Waals surface area contributed by atoms with E-state index < -0.39 is 10.0 Å². The third kappa shape index (κ3) is 5.12. The highest BCUT2D eigenvalue weighted by Gasteiger charge is 2.35. The predicted octanol–water partition coefficient (Wildman–Crippen LogP) is 5.78. The van der Waals surface area contributed by atoms with Crippen molar-refractivity contribution in [2.75, 3.05) is 26.8 Å². The summed E-state index contributed by atoms with van der Waals surface area (Å²) in [6.07, 6.45) is 6.16. The van der Waals surface area contributed by atoms with E-state index in [0.29, 0.717) is 36.3 Å². The summed E-state index contributed by atoms with van der Waals surface area (Å²) < 4.78 is 39.6. The topological polar surface area (TPSA) is 68.2 Å². The lowest BCUT2D eigenvalue weighted by molar-refractivity contribution is 0.308. The maximum Gasteiger partial charge on any atom is 0.243 e. The monoisotopic (exact) mass is 498 g/mol. The van der Waals surface area contributed by atoms with Crippen molar-refractivity contribution in [3.05, 3.63) is 53.1 Å². The van der Waals surface area contributed by atoms with Crippen LogP contribution in [0.1, 0.15) is 81.9 Å². The Balaban J connectivity index is 1.75. The molecule has 0 aromatic heterocycles. The molecule has 190 valence electrons. The molecule has 0 spiro atoms. The molecule has 2 aromatic carbocycles. The van der Waals surface area contributed by atoms with Gasteiger partial charge in [-0.2, -0.15) is 4.31 Å². The SMILES string of the molecule is CCCN(CCC)S(=O)(=O)c1ccc(C2=N[C@@H]3CCCCC3c3cc(OCC)c(OC)cc32)cc1. The fraction of sp³-hybridized carbons (Fsp3) is 0.536. The molecule has 6 nitrogen and oxygen atoms in total. The minimum Gasteiger partial charge on any atom is -0.493 e. The summed E-state index contributed by atoms with van der Waals surface area (Å²) in [4.78, 5) is 5.55. The summed E-state index contributed by atoms with van der Waals surface area (Å²) in [6, 6.07) is 11.7. The van der Waals surface area contributed by atoms with Crippen molar-refractivity contribution < 1.29 is 17.9 Å². The summed E-state index contributed by atoms with van der Waals surface area (Å²) in [7, 11) is -1.86. The van der Waals surface area contributed by atoms with Gasteiger partial charge in [0.1, 0.15) is 0 Å². The summed E-state index contributed by atoms with van der Waals surface area (Å²) >= 11 is 0. The molecule has 1 heterocycles. The number of ether oxygens (including phenoxy) is 2. The normalized spacial score (nSPS) is 19.6. The van der Waals surface area contributed by atoms with Crippen molar-refractivity contribution >= 4 is 15.7 Å². The van der Waals surface area contributed by atoms with Crippen LogP contribution in [0.2, 0.25) is 0 Å². The number of benzene rings is 2. The maximum atomic E-state index is 13.2. The molecule has 2 atom stereocenters. The van der Waals surface area contributed by atoms with Gasteiger partial charge in [0.05, 0.1) is 30.4 Å². The van der Waals surface area contributed by atoms with Crippen molar-refractivity contribution in [3.63, 3.8) is 0 Å². The first-order valence-corrected chi connectivity index (χ1v) is 14.4. The lowest BCUT2D eigenvalue weighted by atomic mass is 9.75. The van der Waals surface area contributed by atoms with Crippen LogP contribution in [0.5, 0.6) is 11.5 Å². The van der Waals surface area contributed by atoms with E-state index in [1.807, 2.05) is 39.0 Å². The Morgan fingerprint density at radius 2 is 1.66 bits per heavy atom. The molecule has 1 aliphatic carbocycles. The average Bonchev–Trinajstić information content (AvgIpc) is 2.88. The molecule has 1 fully saturated rings. The van der Waals surface area contributed by atoms with E-state index in [-0.39, 0.29) is 6.04 Å². The smallest absolute Gasteiger partial charge is 0.243 e. The molecule has 2 aromatic rings. The quantitative estimate of drug-likeness (QED) is 0.416. The molecule has 0 amide bonds. The Morgan fingerprint density at radius 3 is 2.29 bits per heavy atom. The maximum absolute atomic E-state index is 13.2. The van der Waals surface area contributed by atoms with Gasteiger partial charge >= 0.3 is 0 Å². The molecule has 1 aliphatic heterocycles. The lowest BCUT2D eigenvalue weighted by Crippen LogP contribution is -2.32. The lowest BCUT2D eigenvalue weighted by Gasteiger charge is -2.36. The molecule has 7 heteroatoms. The van der Waals surface area contributed by atoms with Crippen LogP contribution in [0.15, 0.2) is 46.3 Å². The van der Waals surface area contributed by atoms with E-state index in [1.54, 1.807) is 23.5 Å². The summed E-state index contributed by atoms with van der Waals surface area (Å²) in [5.74, 6) is 1.85. The minimum atomic E-state index is -3.52. The molecule has 2 aliphatic rings. The fourth-order valence-corrected chi connectivity index (χ4v) is 7.02. The summed E-state index contributed by atoms with van der Waals surface area (Å²) in [6.45, 7) is 7.62. The number of methoxy groups -OCH3 is 1. The van der Waals surface area contributed by atoms with Crippen molar-refractivity contribution in [2.24, 2.45) is 4.99 Å². The van der Waals surface area contributed by atoms with E-state index in [1.165, 1.54) is 18.4 Å². The minimum absolute atomic E-state index is 0.238. The van der Waals surface area contributed by atoms with Crippen LogP contribution in [-0.2, 0) is 10.0 Å². The van der Waals surface area contributed by atoms with Gasteiger partial charge in [0, 0.05) is 30.1 Å². The largest absolute Gasteiger partial charge is 0.493 e. The first-order valence-electron chi connectivity index (χ1n) is 13.0. The van der Waals surface area contributed by atoms with Crippen LogP contribution in [0.4, 0.5) is 0 Å². The first-order chi connectivity index (χ1) is 16.9. The van der Waals surface area contributed by atoms with Crippen LogP contribution in [0.25, 0.3) is 0 Å². The number of hydrogen-bond donors (Lipinski definition) is 0. The van der Waals surface area contributed by atoms with Gasteiger partial charge in [0.25, 0.3) is 0 Å². The van der Waals surface area contributed by atoms with Gasteiger partial charge < -0.3 is 9.47 Å². The van der Waals surface area contributed by atoms with Crippen molar-refractivity contribution in [1.29, 1.82) is 0 Å². The van der Waals surface area contributed by atoms with Crippen LogP contribution < -0.4 is 9.47 Å². The number of rotatable bonds is 10. The molecule has 0 N–H and O–H groups in total. The summed E-state index contributed by atoms with van der Waals surface area (Å²) in [5, 5.41) is 0. The first kappa shape index (κ1) is 25.7. The van der Waals surface area contributed by atoms with Crippen LogP contribution in [-0.4, -0.2) is 51.3 Å². The molecule has 0 bridgehead atoms. The zero-order chi connectivity index (χ0) is 25.0. The van der Waals surface area contributed by atoms with Crippen LogP contribution >= 0.6 is 0 Å². The highest BCUT2D eigenvalue weighted by atomic mass is 32.2. The van der Waals surface area contributed by atoms with Gasteiger partial charge in [0.2, 0.25) is 10.0 Å². The van der Waals surface area contributed by atoms with E-state index in [9.17, 15) is 8.42 Å². The fourth-order valence-electron chi connectivity index (χ4n) is 5.39. The number of aliphatic imine (C=N–C) groups is 1. The van der Waals surface area contributed by atoms with Crippen molar-refractivity contribution in [2.45, 2.75) is 76.2 Å². The molecule has 35 heavy (non-hydrogen) atoms. The number of sulfonamides is 1. The number of nitrogens with zero attached hydrogens (tertiary/aromatic N) is 2. The molecular formula is C28H38N2O4S. The molecule has 0 saturated heterocycles. The average molecular weight is 499 g/mol. The molecular weight excluding hydrogens is 460 g/mol. The molecule has 4 rings (SSSR count). The second kappa shape index (κ2) is 11.1. The van der Waals surface area contributed by atoms with E-state index in [4.69, 9.17) is 14.5 Å². The number of hydrogen-bond acceptors (Lipinski definition) is 5.